The number of carbonyl (C=O) groups is 1. The lowest BCUT2D eigenvalue weighted by molar-refractivity contribution is 0.193. The van der Waals surface area contributed by atoms with Crippen molar-refractivity contribution >= 4 is 23.6 Å². The number of nitrogens with one attached hydrogen (secondary N) is 1. The number of nitrogens with zero attached hydrogens (tertiary/aromatic N) is 4. The molecule has 0 saturated carbocycles. The smallest absolute Gasteiger partial charge is 0.317 e. The van der Waals surface area contributed by atoms with Crippen LogP contribution in [0.3, 0.4) is 0 Å². The molecule has 3 rings (SSSR count). The van der Waals surface area contributed by atoms with Crippen molar-refractivity contribution in [3.63, 3.8) is 0 Å². The lowest BCUT2D eigenvalue weighted by atomic mass is 10.2. The molecule has 1 aliphatic rings. The molecule has 0 unspecified atom stereocenters. The lowest BCUT2D eigenvalue weighted by Crippen LogP contribution is -2.52. The summed E-state index contributed by atoms with van der Waals surface area (Å²) in [6.07, 6.45) is 3.45. The maximum Gasteiger partial charge on any atom is 0.317 e. The Hall–Kier alpha value is -2.34. The number of hydrogen-bond donors (Lipinski definition) is 1. The van der Waals surface area contributed by atoms with Crippen molar-refractivity contribution < 1.29 is 4.79 Å². The third-order valence-electron chi connectivity index (χ3n) is 3.79. The van der Waals surface area contributed by atoms with E-state index in [0.717, 1.165) is 18.7 Å². The summed E-state index contributed by atoms with van der Waals surface area (Å²) in [5.41, 5.74) is 0.916. The molecule has 0 atom stereocenters. The molecule has 23 heavy (non-hydrogen) atoms. The Labute approximate surface area is 140 Å². The molecule has 0 spiro atoms. The summed E-state index contributed by atoms with van der Waals surface area (Å²) in [7, 11) is 0. The van der Waals surface area contributed by atoms with E-state index in [1.54, 1.807) is 23.4 Å². The van der Waals surface area contributed by atoms with Crippen molar-refractivity contribution in [1.82, 2.24) is 20.2 Å². The standard InChI is InChI=1S/C16H18ClN5O/c17-14-5-2-1-4-13(14)12-20-16(23)22-10-8-21(9-11-22)15-18-6-3-7-19-15/h1-7H,8-12H2,(H,20,23). The van der Waals surface area contributed by atoms with Crippen LogP contribution in [0.1, 0.15) is 5.56 Å². The molecule has 0 bridgehead atoms. The molecular formula is C16H18ClN5O. The van der Waals surface area contributed by atoms with Gasteiger partial charge in [0.05, 0.1) is 0 Å². The van der Waals surface area contributed by atoms with Gasteiger partial charge >= 0.3 is 6.03 Å². The maximum atomic E-state index is 12.2. The maximum absolute atomic E-state index is 12.2. The summed E-state index contributed by atoms with van der Waals surface area (Å²) in [5.74, 6) is 0.712. The van der Waals surface area contributed by atoms with E-state index >= 15 is 0 Å². The van der Waals surface area contributed by atoms with E-state index in [0.29, 0.717) is 30.6 Å². The van der Waals surface area contributed by atoms with Gasteiger partial charge in [-0.3, -0.25) is 0 Å². The molecule has 1 aromatic carbocycles. The van der Waals surface area contributed by atoms with Crippen molar-refractivity contribution in [2.75, 3.05) is 31.1 Å². The van der Waals surface area contributed by atoms with E-state index in [-0.39, 0.29) is 6.03 Å². The van der Waals surface area contributed by atoms with Crippen LogP contribution >= 0.6 is 11.6 Å². The van der Waals surface area contributed by atoms with Crippen LogP contribution in [0.5, 0.6) is 0 Å². The number of aromatic nitrogens is 2. The van der Waals surface area contributed by atoms with Gasteiger partial charge in [-0.25, -0.2) is 14.8 Å². The highest BCUT2D eigenvalue weighted by Gasteiger charge is 2.22. The van der Waals surface area contributed by atoms with E-state index in [1.807, 2.05) is 24.3 Å². The number of amides is 2. The second-order valence-electron chi connectivity index (χ2n) is 5.27. The number of benzene rings is 1. The first-order valence-electron chi connectivity index (χ1n) is 7.52. The fourth-order valence-corrected chi connectivity index (χ4v) is 2.69. The number of anilines is 1. The molecule has 2 heterocycles. The largest absolute Gasteiger partial charge is 0.337 e. The predicted molar refractivity (Wildman–Crippen MR) is 89.5 cm³/mol. The Morgan fingerprint density at radius 2 is 1.78 bits per heavy atom. The quantitative estimate of drug-likeness (QED) is 0.936. The minimum atomic E-state index is -0.0708. The molecule has 1 saturated heterocycles. The van der Waals surface area contributed by atoms with Gasteiger partial charge in [0.25, 0.3) is 0 Å². The molecule has 1 aromatic heterocycles. The van der Waals surface area contributed by atoms with Crippen LogP contribution in [0.25, 0.3) is 0 Å². The Morgan fingerprint density at radius 3 is 2.48 bits per heavy atom. The van der Waals surface area contributed by atoms with Crippen LogP contribution in [0, 0.1) is 0 Å². The van der Waals surface area contributed by atoms with E-state index in [9.17, 15) is 4.79 Å². The number of urea groups is 1. The molecule has 0 aliphatic carbocycles. The Balaban J connectivity index is 1.50. The topological polar surface area (TPSA) is 61.4 Å². The zero-order valence-corrected chi connectivity index (χ0v) is 13.4. The zero-order chi connectivity index (χ0) is 16.1. The predicted octanol–water partition coefficient (Wildman–Crippen LogP) is 2.16. The monoisotopic (exact) mass is 331 g/mol. The molecule has 0 radical (unpaired) electrons. The molecule has 2 aromatic rings. The third-order valence-corrected chi connectivity index (χ3v) is 4.16. The fraction of sp³-hybridized carbons (Fsp3) is 0.312. The van der Waals surface area contributed by atoms with Crippen molar-refractivity contribution in [1.29, 1.82) is 0 Å². The normalized spacial score (nSPS) is 14.7. The van der Waals surface area contributed by atoms with Crippen molar-refractivity contribution in [3.05, 3.63) is 53.3 Å². The molecule has 6 nitrogen and oxygen atoms in total. The van der Waals surface area contributed by atoms with Gasteiger partial charge in [-0.2, -0.15) is 0 Å². The van der Waals surface area contributed by atoms with E-state index < -0.39 is 0 Å². The third kappa shape index (κ3) is 3.90. The lowest BCUT2D eigenvalue weighted by Gasteiger charge is -2.34. The molecule has 120 valence electrons. The number of piperazine rings is 1. The summed E-state index contributed by atoms with van der Waals surface area (Å²) in [4.78, 5) is 24.6. The number of hydrogen-bond acceptors (Lipinski definition) is 4. The Bertz CT molecular complexity index is 659. The van der Waals surface area contributed by atoms with Crippen molar-refractivity contribution in [2.45, 2.75) is 6.54 Å². The Kier molecular flexibility index (Phi) is 4.92. The van der Waals surface area contributed by atoms with Crippen LogP contribution in [-0.2, 0) is 6.54 Å². The van der Waals surface area contributed by atoms with Crippen molar-refractivity contribution in [2.24, 2.45) is 0 Å². The van der Waals surface area contributed by atoms with Crippen LogP contribution < -0.4 is 10.2 Å². The first kappa shape index (κ1) is 15.6. The van der Waals surface area contributed by atoms with Crippen LogP contribution in [0.4, 0.5) is 10.7 Å². The second kappa shape index (κ2) is 7.28. The van der Waals surface area contributed by atoms with Gasteiger partial charge in [-0.05, 0) is 17.7 Å². The molecule has 1 fully saturated rings. The van der Waals surface area contributed by atoms with Crippen LogP contribution in [0.2, 0.25) is 5.02 Å². The highest BCUT2D eigenvalue weighted by molar-refractivity contribution is 6.31. The van der Waals surface area contributed by atoms with Gasteiger partial charge in [0, 0.05) is 50.1 Å². The van der Waals surface area contributed by atoms with Gasteiger partial charge in [0.1, 0.15) is 0 Å². The number of rotatable bonds is 3. The fourth-order valence-electron chi connectivity index (χ4n) is 2.49. The zero-order valence-electron chi connectivity index (χ0n) is 12.7. The van der Waals surface area contributed by atoms with Crippen LogP contribution in [0.15, 0.2) is 42.7 Å². The summed E-state index contributed by atoms with van der Waals surface area (Å²) in [6.45, 7) is 3.17. The van der Waals surface area contributed by atoms with Crippen LogP contribution in [-0.4, -0.2) is 47.1 Å². The first-order chi connectivity index (χ1) is 11.2. The van der Waals surface area contributed by atoms with E-state index in [4.69, 9.17) is 11.6 Å². The van der Waals surface area contributed by atoms with E-state index in [2.05, 4.69) is 20.2 Å². The van der Waals surface area contributed by atoms with Crippen molar-refractivity contribution in [3.8, 4) is 0 Å². The highest BCUT2D eigenvalue weighted by Crippen LogP contribution is 2.15. The van der Waals surface area contributed by atoms with Gasteiger partial charge < -0.3 is 15.1 Å². The average molecular weight is 332 g/mol. The Morgan fingerprint density at radius 1 is 1.09 bits per heavy atom. The van der Waals surface area contributed by atoms with Gasteiger partial charge in [0.15, 0.2) is 0 Å². The number of carbonyl (C=O) groups excluding carboxylic acids is 1. The number of halogens is 1. The summed E-state index contributed by atoms with van der Waals surface area (Å²) < 4.78 is 0. The molecule has 1 N–H and O–H groups in total. The van der Waals surface area contributed by atoms with Gasteiger partial charge in [-0.15, -0.1) is 0 Å². The van der Waals surface area contributed by atoms with Gasteiger partial charge in [-0.1, -0.05) is 29.8 Å². The SMILES string of the molecule is O=C(NCc1ccccc1Cl)N1CCN(c2ncccn2)CC1. The molecule has 2 amide bonds. The summed E-state index contributed by atoms with van der Waals surface area (Å²) in [5, 5.41) is 3.58. The van der Waals surface area contributed by atoms with E-state index in [1.165, 1.54) is 0 Å². The minimum absolute atomic E-state index is 0.0708. The first-order valence-corrected chi connectivity index (χ1v) is 7.90. The molecular weight excluding hydrogens is 314 g/mol. The minimum Gasteiger partial charge on any atom is -0.337 e. The molecule has 1 aliphatic heterocycles. The summed E-state index contributed by atoms with van der Waals surface area (Å²) in [6, 6.07) is 9.24. The van der Waals surface area contributed by atoms with Gasteiger partial charge in [0.2, 0.25) is 5.95 Å². The highest BCUT2D eigenvalue weighted by atomic mass is 35.5. The molecule has 7 heteroatoms. The second-order valence-corrected chi connectivity index (χ2v) is 5.68. The summed E-state index contributed by atoms with van der Waals surface area (Å²) >= 11 is 6.09. The average Bonchev–Trinajstić information content (AvgIpc) is 2.62.